The van der Waals surface area contributed by atoms with Gasteiger partial charge < -0.3 is 15.0 Å². The molecule has 1 unspecified atom stereocenters. The number of ether oxygens (including phenoxy) is 1. The molecule has 2 rings (SSSR count). The van der Waals surface area contributed by atoms with Crippen LogP contribution in [0.15, 0.2) is 29.3 Å². The number of benzene rings is 1. The van der Waals surface area contributed by atoms with Crippen LogP contribution in [-0.2, 0) is 6.42 Å². The van der Waals surface area contributed by atoms with Gasteiger partial charge in [0.05, 0.1) is 7.11 Å². The Kier molecular flexibility index (Phi) is 9.65. The molecule has 5 nitrogen and oxygen atoms in total. The fourth-order valence-corrected chi connectivity index (χ4v) is 3.08. The minimum atomic E-state index is -4.18. The highest BCUT2D eigenvalue weighted by molar-refractivity contribution is 14.0. The lowest BCUT2D eigenvalue weighted by molar-refractivity contribution is -0.181. The molecule has 9 heteroatoms. The molecule has 1 heterocycles. The van der Waals surface area contributed by atoms with Gasteiger partial charge >= 0.3 is 6.18 Å². The van der Waals surface area contributed by atoms with Crippen LogP contribution in [0, 0.1) is 0 Å². The Morgan fingerprint density at radius 3 is 2.41 bits per heavy atom. The van der Waals surface area contributed by atoms with E-state index in [1.54, 1.807) is 14.2 Å². The minimum absolute atomic E-state index is 0. The third-order valence-electron chi connectivity index (χ3n) is 4.72. The van der Waals surface area contributed by atoms with Crippen molar-refractivity contribution in [1.29, 1.82) is 0 Å². The number of hydrogen-bond donors (Lipinski definition) is 1. The number of rotatable bonds is 5. The number of alkyl halides is 3. The van der Waals surface area contributed by atoms with Crippen molar-refractivity contribution < 1.29 is 17.9 Å². The largest absolute Gasteiger partial charge is 0.496 e. The van der Waals surface area contributed by atoms with Gasteiger partial charge in [0.1, 0.15) is 11.8 Å². The standard InChI is InChI=1S/C18H27F3N4O.HI/c1-14(18(19,20)21)24-10-12-25(13-11-24)17(22-2)23-9-8-15-6-4-5-7-16(15)26-3;/h4-7,14H,8-13H2,1-3H3,(H,22,23);1H. The maximum absolute atomic E-state index is 12.8. The molecule has 0 amide bonds. The SMILES string of the molecule is CN=C(NCCc1ccccc1OC)N1CCN(C(C)C(F)(F)F)CC1.I. The molecule has 1 aromatic rings. The summed E-state index contributed by atoms with van der Waals surface area (Å²) in [6.45, 7) is 3.67. The van der Waals surface area contributed by atoms with Crippen molar-refractivity contribution in [1.82, 2.24) is 15.1 Å². The molecule has 1 aliphatic heterocycles. The van der Waals surface area contributed by atoms with Crippen LogP contribution >= 0.6 is 24.0 Å². The van der Waals surface area contributed by atoms with E-state index in [1.807, 2.05) is 29.2 Å². The number of para-hydroxylation sites is 1. The number of hydrogen-bond acceptors (Lipinski definition) is 3. The summed E-state index contributed by atoms with van der Waals surface area (Å²) in [5, 5.41) is 3.29. The zero-order valence-corrected chi connectivity index (χ0v) is 18.3. The Morgan fingerprint density at radius 2 is 1.85 bits per heavy atom. The second-order valence-corrected chi connectivity index (χ2v) is 6.28. The summed E-state index contributed by atoms with van der Waals surface area (Å²) in [7, 11) is 3.34. The molecule has 1 saturated heterocycles. The van der Waals surface area contributed by atoms with Gasteiger partial charge in [-0.15, -0.1) is 24.0 Å². The van der Waals surface area contributed by atoms with E-state index in [-0.39, 0.29) is 24.0 Å². The first-order valence-corrected chi connectivity index (χ1v) is 8.75. The maximum Gasteiger partial charge on any atom is 0.403 e. The Bertz CT molecular complexity index is 605. The molecular weight excluding hydrogens is 472 g/mol. The maximum atomic E-state index is 12.8. The predicted octanol–water partition coefficient (Wildman–Crippen LogP) is 3.00. The zero-order chi connectivity index (χ0) is 19.2. The molecule has 0 aromatic heterocycles. The summed E-state index contributed by atoms with van der Waals surface area (Å²) >= 11 is 0. The lowest BCUT2D eigenvalue weighted by Crippen LogP contribution is -2.56. The highest BCUT2D eigenvalue weighted by Gasteiger charge is 2.41. The van der Waals surface area contributed by atoms with Gasteiger partial charge in [-0.1, -0.05) is 18.2 Å². The van der Waals surface area contributed by atoms with Crippen molar-refractivity contribution in [2.75, 3.05) is 46.9 Å². The number of aliphatic imine (C=N–C) groups is 1. The van der Waals surface area contributed by atoms with E-state index in [2.05, 4.69) is 10.3 Å². The van der Waals surface area contributed by atoms with Gasteiger partial charge in [0.25, 0.3) is 0 Å². The normalized spacial score (nSPS) is 17.3. The fraction of sp³-hybridized carbons (Fsp3) is 0.611. The van der Waals surface area contributed by atoms with E-state index >= 15 is 0 Å². The van der Waals surface area contributed by atoms with E-state index in [0.29, 0.717) is 32.7 Å². The molecule has 0 spiro atoms. The minimum Gasteiger partial charge on any atom is -0.496 e. The molecule has 1 aliphatic rings. The number of methoxy groups -OCH3 is 1. The molecular formula is C18H28F3IN4O. The molecule has 1 atom stereocenters. The fourth-order valence-electron chi connectivity index (χ4n) is 3.08. The lowest BCUT2D eigenvalue weighted by Gasteiger charge is -2.39. The van der Waals surface area contributed by atoms with Crippen molar-refractivity contribution >= 4 is 29.9 Å². The zero-order valence-electron chi connectivity index (χ0n) is 15.9. The molecule has 1 aromatic carbocycles. The number of nitrogens with one attached hydrogen (secondary N) is 1. The number of guanidine groups is 1. The lowest BCUT2D eigenvalue weighted by atomic mass is 10.1. The van der Waals surface area contributed by atoms with E-state index in [0.717, 1.165) is 23.7 Å². The van der Waals surface area contributed by atoms with Crippen LogP contribution in [0.2, 0.25) is 0 Å². The smallest absolute Gasteiger partial charge is 0.403 e. The van der Waals surface area contributed by atoms with E-state index in [1.165, 1.54) is 11.8 Å². The van der Waals surface area contributed by atoms with Gasteiger partial charge in [-0.3, -0.25) is 9.89 Å². The van der Waals surface area contributed by atoms with Crippen molar-refractivity contribution in [3.8, 4) is 5.75 Å². The quantitative estimate of drug-likeness (QED) is 0.384. The summed E-state index contributed by atoms with van der Waals surface area (Å²) in [5.41, 5.74) is 1.10. The first kappa shape index (κ1) is 23.8. The third-order valence-corrected chi connectivity index (χ3v) is 4.72. The number of nitrogens with zero attached hydrogens (tertiary/aromatic N) is 3. The Balaban J connectivity index is 0.00000364. The average Bonchev–Trinajstić information content (AvgIpc) is 2.64. The summed E-state index contributed by atoms with van der Waals surface area (Å²) in [4.78, 5) is 7.74. The second-order valence-electron chi connectivity index (χ2n) is 6.28. The molecule has 1 fully saturated rings. The molecule has 27 heavy (non-hydrogen) atoms. The average molecular weight is 500 g/mol. The van der Waals surface area contributed by atoms with Crippen LogP contribution in [0.4, 0.5) is 13.2 Å². The van der Waals surface area contributed by atoms with Crippen molar-refractivity contribution in [2.24, 2.45) is 4.99 Å². The summed E-state index contributed by atoms with van der Waals surface area (Å²) < 4.78 is 43.9. The highest BCUT2D eigenvalue weighted by atomic mass is 127. The van der Waals surface area contributed by atoms with Gasteiger partial charge in [0.2, 0.25) is 0 Å². The molecule has 1 N–H and O–H groups in total. The first-order chi connectivity index (χ1) is 12.4. The van der Waals surface area contributed by atoms with Crippen LogP contribution < -0.4 is 10.1 Å². The van der Waals surface area contributed by atoms with Gasteiger partial charge in [-0.2, -0.15) is 13.2 Å². The van der Waals surface area contributed by atoms with Crippen LogP contribution in [-0.4, -0.2) is 74.9 Å². The van der Waals surface area contributed by atoms with Gasteiger partial charge in [-0.05, 0) is 25.0 Å². The summed E-state index contributed by atoms with van der Waals surface area (Å²) in [6.07, 6.45) is -3.41. The van der Waals surface area contributed by atoms with E-state index in [4.69, 9.17) is 4.74 Å². The van der Waals surface area contributed by atoms with Gasteiger partial charge in [0, 0.05) is 39.8 Å². The van der Waals surface area contributed by atoms with E-state index < -0.39 is 12.2 Å². The van der Waals surface area contributed by atoms with Crippen molar-refractivity contribution in [3.63, 3.8) is 0 Å². The molecule has 0 bridgehead atoms. The second kappa shape index (κ2) is 10.9. The molecule has 154 valence electrons. The molecule has 0 saturated carbocycles. The van der Waals surface area contributed by atoms with Crippen LogP contribution in [0.3, 0.4) is 0 Å². The topological polar surface area (TPSA) is 40.1 Å². The van der Waals surface area contributed by atoms with Crippen LogP contribution in [0.5, 0.6) is 5.75 Å². The van der Waals surface area contributed by atoms with Crippen molar-refractivity contribution in [2.45, 2.75) is 25.6 Å². The third kappa shape index (κ3) is 6.70. The molecule has 0 radical (unpaired) electrons. The van der Waals surface area contributed by atoms with E-state index in [9.17, 15) is 13.2 Å². The predicted molar refractivity (Wildman–Crippen MR) is 112 cm³/mol. The monoisotopic (exact) mass is 500 g/mol. The molecule has 0 aliphatic carbocycles. The highest BCUT2D eigenvalue weighted by Crippen LogP contribution is 2.25. The summed E-state index contributed by atoms with van der Waals surface area (Å²) in [6, 6.07) is 6.42. The number of halogens is 4. The first-order valence-electron chi connectivity index (χ1n) is 8.75. The van der Waals surface area contributed by atoms with Crippen LogP contribution in [0.1, 0.15) is 12.5 Å². The number of piperazine rings is 1. The van der Waals surface area contributed by atoms with Gasteiger partial charge in [-0.25, -0.2) is 0 Å². The Hall–Kier alpha value is -1.23. The van der Waals surface area contributed by atoms with Crippen LogP contribution in [0.25, 0.3) is 0 Å². The summed E-state index contributed by atoms with van der Waals surface area (Å²) in [5.74, 6) is 1.57. The Morgan fingerprint density at radius 1 is 1.22 bits per heavy atom. The van der Waals surface area contributed by atoms with Gasteiger partial charge in [0.15, 0.2) is 5.96 Å². The van der Waals surface area contributed by atoms with Crippen molar-refractivity contribution in [3.05, 3.63) is 29.8 Å². The Labute approximate surface area is 176 Å².